The maximum Gasteiger partial charge on any atom is -0.0165 e. The third kappa shape index (κ3) is 0.670. The molecule has 5 rings (SSSR count). The topological polar surface area (TPSA) is 0 Å². The van der Waals surface area contributed by atoms with Crippen LogP contribution in [0.25, 0.3) is 0 Å². The van der Waals surface area contributed by atoms with Crippen LogP contribution in [0.15, 0.2) is 24.3 Å². The molecular weight excluding hydrogens is 180 g/mol. The van der Waals surface area contributed by atoms with E-state index in [0.717, 1.165) is 47.3 Å². The molecule has 0 spiro atoms. The van der Waals surface area contributed by atoms with Crippen molar-refractivity contribution in [1.29, 1.82) is 0 Å². The Morgan fingerprint density at radius 1 is 0.667 bits per heavy atom. The van der Waals surface area contributed by atoms with Crippen LogP contribution in [-0.2, 0) is 0 Å². The van der Waals surface area contributed by atoms with Crippen molar-refractivity contribution < 1.29 is 0 Å². The summed E-state index contributed by atoms with van der Waals surface area (Å²) in [5, 5.41) is 0. The van der Waals surface area contributed by atoms with E-state index in [1.54, 1.807) is 6.42 Å². The van der Waals surface area contributed by atoms with Crippen LogP contribution in [0.2, 0.25) is 0 Å². The van der Waals surface area contributed by atoms with Crippen LogP contribution in [0, 0.1) is 47.3 Å². The van der Waals surface area contributed by atoms with E-state index in [2.05, 4.69) is 24.3 Å². The highest BCUT2D eigenvalue weighted by Crippen LogP contribution is 2.73. The van der Waals surface area contributed by atoms with Gasteiger partial charge in [0.2, 0.25) is 0 Å². The molecule has 2 bridgehead atoms. The van der Waals surface area contributed by atoms with Crippen LogP contribution < -0.4 is 0 Å². The van der Waals surface area contributed by atoms with E-state index < -0.39 is 0 Å². The molecule has 15 heavy (non-hydrogen) atoms. The average molecular weight is 198 g/mol. The van der Waals surface area contributed by atoms with Gasteiger partial charge in [-0.05, 0) is 66.6 Å². The van der Waals surface area contributed by atoms with Gasteiger partial charge in [-0.3, -0.25) is 0 Å². The second-order valence-corrected chi connectivity index (χ2v) is 6.53. The monoisotopic (exact) mass is 198 g/mol. The van der Waals surface area contributed by atoms with E-state index in [1.807, 2.05) is 0 Å². The maximum atomic E-state index is 2.57. The summed E-state index contributed by atoms with van der Waals surface area (Å²) in [7, 11) is 0. The first-order valence-electron chi connectivity index (χ1n) is 6.78. The van der Waals surface area contributed by atoms with Gasteiger partial charge in [0.05, 0.1) is 0 Å². The summed E-state index contributed by atoms with van der Waals surface area (Å²) in [5.41, 5.74) is 0. The van der Waals surface area contributed by atoms with E-state index in [9.17, 15) is 0 Å². The second-order valence-electron chi connectivity index (χ2n) is 6.53. The molecule has 3 saturated carbocycles. The predicted octanol–water partition coefficient (Wildman–Crippen LogP) is 3.27. The lowest BCUT2D eigenvalue weighted by atomic mass is 9.50. The van der Waals surface area contributed by atoms with E-state index in [-0.39, 0.29) is 0 Å². The molecule has 0 amide bonds. The van der Waals surface area contributed by atoms with Crippen molar-refractivity contribution in [2.45, 2.75) is 19.3 Å². The van der Waals surface area contributed by atoms with Crippen molar-refractivity contribution in [3.63, 3.8) is 0 Å². The van der Waals surface area contributed by atoms with Gasteiger partial charge in [-0.25, -0.2) is 0 Å². The third-order valence-corrected chi connectivity index (χ3v) is 6.48. The van der Waals surface area contributed by atoms with Crippen LogP contribution in [0.1, 0.15) is 19.3 Å². The molecule has 0 aliphatic heterocycles. The molecule has 0 saturated heterocycles. The molecule has 78 valence electrons. The van der Waals surface area contributed by atoms with E-state index in [0.29, 0.717) is 0 Å². The number of allylic oxidation sites excluding steroid dienone is 4. The van der Waals surface area contributed by atoms with Gasteiger partial charge in [0.25, 0.3) is 0 Å². The molecule has 0 aromatic carbocycles. The smallest absolute Gasteiger partial charge is 0.0165 e. The summed E-state index contributed by atoms with van der Waals surface area (Å²) in [6.45, 7) is 0. The Hall–Kier alpha value is -0.520. The molecule has 0 N–H and O–H groups in total. The molecule has 0 heteroatoms. The van der Waals surface area contributed by atoms with Gasteiger partial charge in [0.1, 0.15) is 0 Å². The SMILES string of the molecule is C1=CC2C(C1)C1CC2C2C3CC=CC3C12. The van der Waals surface area contributed by atoms with Crippen molar-refractivity contribution in [3.8, 4) is 0 Å². The third-order valence-electron chi connectivity index (χ3n) is 6.48. The molecule has 8 atom stereocenters. The molecular formula is C15H18. The van der Waals surface area contributed by atoms with E-state index in [4.69, 9.17) is 0 Å². The first kappa shape index (κ1) is 7.70. The van der Waals surface area contributed by atoms with Gasteiger partial charge in [-0.1, -0.05) is 24.3 Å². The van der Waals surface area contributed by atoms with Crippen molar-refractivity contribution in [1.82, 2.24) is 0 Å². The first-order valence-corrected chi connectivity index (χ1v) is 6.78. The van der Waals surface area contributed by atoms with Crippen LogP contribution >= 0.6 is 0 Å². The van der Waals surface area contributed by atoms with Gasteiger partial charge >= 0.3 is 0 Å². The molecule has 0 heterocycles. The van der Waals surface area contributed by atoms with Crippen LogP contribution in [-0.4, -0.2) is 0 Å². The Morgan fingerprint density at radius 3 is 2.40 bits per heavy atom. The summed E-state index contributed by atoms with van der Waals surface area (Å²) < 4.78 is 0. The number of hydrogen-bond donors (Lipinski definition) is 0. The summed E-state index contributed by atoms with van der Waals surface area (Å²) in [4.78, 5) is 0. The zero-order valence-corrected chi connectivity index (χ0v) is 9.05. The molecule has 0 nitrogen and oxygen atoms in total. The average Bonchev–Trinajstić information content (AvgIpc) is 2.91. The molecule has 0 aromatic rings. The molecule has 0 aromatic heterocycles. The Balaban J connectivity index is 1.58. The molecule has 8 unspecified atom stereocenters. The standard InChI is InChI=1S/C15H18/c1-3-8-9(4-1)13-7-12(8)14-10-5-2-6-11(10)15(13)14/h1-3,6,8-15H,4-5,7H2. The Morgan fingerprint density at radius 2 is 1.47 bits per heavy atom. The minimum Gasteiger partial charge on any atom is -0.0879 e. The zero-order valence-electron chi connectivity index (χ0n) is 9.05. The van der Waals surface area contributed by atoms with E-state index >= 15 is 0 Å². The normalized spacial score (nSPS) is 66.7. The van der Waals surface area contributed by atoms with Gasteiger partial charge < -0.3 is 0 Å². The second kappa shape index (κ2) is 2.26. The fourth-order valence-corrected chi connectivity index (χ4v) is 6.21. The quantitative estimate of drug-likeness (QED) is 0.414. The Kier molecular flexibility index (Phi) is 1.16. The Bertz CT molecular complexity index is 373. The van der Waals surface area contributed by atoms with Crippen LogP contribution in [0.3, 0.4) is 0 Å². The fourth-order valence-electron chi connectivity index (χ4n) is 6.21. The summed E-state index contributed by atoms with van der Waals surface area (Å²) >= 11 is 0. The lowest BCUT2D eigenvalue weighted by Gasteiger charge is -2.54. The lowest BCUT2D eigenvalue weighted by Crippen LogP contribution is -2.50. The number of rotatable bonds is 0. The Labute approximate surface area is 91.4 Å². The minimum atomic E-state index is 1.01. The molecule has 5 aliphatic rings. The van der Waals surface area contributed by atoms with Crippen molar-refractivity contribution in [2.24, 2.45) is 47.3 Å². The van der Waals surface area contributed by atoms with Gasteiger partial charge in [-0.15, -0.1) is 0 Å². The lowest BCUT2D eigenvalue weighted by molar-refractivity contribution is -0.0556. The summed E-state index contributed by atoms with van der Waals surface area (Å²) in [5.74, 6) is 8.67. The van der Waals surface area contributed by atoms with Crippen molar-refractivity contribution in [3.05, 3.63) is 24.3 Å². The zero-order chi connectivity index (χ0) is 9.57. The predicted molar refractivity (Wildman–Crippen MR) is 60.1 cm³/mol. The fraction of sp³-hybridized carbons (Fsp3) is 0.733. The first-order chi connectivity index (χ1) is 7.45. The summed E-state index contributed by atoms with van der Waals surface area (Å²) in [6, 6.07) is 0. The molecule has 3 fully saturated rings. The maximum absolute atomic E-state index is 2.57. The highest BCUT2D eigenvalue weighted by Gasteiger charge is 2.67. The van der Waals surface area contributed by atoms with E-state index in [1.165, 1.54) is 12.8 Å². The van der Waals surface area contributed by atoms with Gasteiger partial charge in [-0.2, -0.15) is 0 Å². The van der Waals surface area contributed by atoms with Crippen molar-refractivity contribution >= 4 is 0 Å². The highest BCUT2D eigenvalue weighted by molar-refractivity contribution is 5.26. The van der Waals surface area contributed by atoms with Crippen LogP contribution in [0.4, 0.5) is 0 Å². The number of fused-ring (bicyclic) bond motifs is 11. The minimum absolute atomic E-state index is 1.01. The molecule has 5 aliphatic carbocycles. The number of hydrogen-bond acceptors (Lipinski definition) is 0. The highest BCUT2D eigenvalue weighted by atomic mass is 14.7. The van der Waals surface area contributed by atoms with Crippen molar-refractivity contribution in [2.75, 3.05) is 0 Å². The van der Waals surface area contributed by atoms with Gasteiger partial charge in [0, 0.05) is 0 Å². The van der Waals surface area contributed by atoms with Crippen LogP contribution in [0.5, 0.6) is 0 Å². The molecule has 0 radical (unpaired) electrons. The summed E-state index contributed by atoms with van der Waals surface area (Å²) in [6.07, 6.45) is 14.5. The largest absolute Gasteiger partial charge is 0.0879 e. The van der Waals surface area contributed by atoms with Gasteiger partial charge in [0.15, 0.2) is 0 Å².